The van der Waals surface area contributed by atoms with E-state index >= 15 is 0 Å². The van der Waals surface area contributed by atoms with E-state index in [1.54, 1.807) is 13.2 Å². The lowest BCUT2D eigenvalue weighted by Crippen LogP contribution is -2.65. The molecule has 2 bridgehead atoms. The van der Waals surface area contributed by atoms with Crippen LogP contribution in [0.4, 0.5) is 0 Å². The van der Waals surface area contributed by atoms with Crippen molar-refractivity contribution < 1.29 is 24.5 Å². The van der Waals surface area contributed by atoms with Crippen LogP contribution in [0.5, 0.6) is 0 Å². The molecular formula is C19H23NO5. The summed E-state index contributed by atoms with van der Waals surface area (Å²) in [6.07, 6.45) is 5.46. The van der Waals surface area contributed by atoms with Crippen LogP contribution in [0.3, 0.4) is 0 Å². The molecular weight excluding hydrogens is 322 g/mol. The number of piperidine rings is 1. The minimum absolute atomic E-state index is 0.0401. The second-order valence-corrected chi connectivity index (χ2v) is 8.01. The molecule has 2 fully saturated rings. The Balaban J connectivity index is 1.77. The minimum Gasteiger partial charge on any atom is -0.487 e. The summed E-state index contributed by atoms with van der Waals surface area (Å²) in [5.74, 6) is 0.503. The van der Waals surface area contributed by atoms with E-state index < -0.39 is 23.2 Å². The van der Waals surface area contributed by atoms with Crippen LogP contribution >= 0.6 is 0 Å². The van der Waals surface area contributed by atoms with Crippen molar-refractivity contribution in [1.29, 1.82) is 0 Å². The number of methoxy groups -OCH3 is 1. The second kappa shape index (κ2) is 4.82. The SMILES string of the molecule is COCC1(O)CC=C2C(=O)[C@@H]3[C@@H]4C=C[C@H](O)[C@@H]5OC1=C2[C@]45CCN3C. The van der Waals surface area contributed by atoms with Gasteiger partial charge in [0.15, 0.2) is 5.78 Å². The summed E-state index contributed by atoms with van der Waals surface area (Å²) in [5, 5.41) is 21.8. The van der Waals surface area contributed by atoms with E-state index in [9.17, 15) is 15.0 Å². The van der Waals surface area contributed by atoms with Crippen LogP contribution in [0.1, 0.15) is 12.8 Å². The summed E-state index contributed by atoms with van der Waals surface area (Å²) < 4.78 is 11.5. The summed E-state index contributed by atoms with van der Waals surface area (Å²) >= 11 is 0. The highest BCUT2D eigenvalue weighted by Crippen LogP contribution is 2.65. The number of aliphatic hydroxyl groups is 2. The zero-order valence-corrected chi connectivity index (χ0v) is 14.4. The van der Waals surface area contributed by atoms with E-state index in [1.165, 1.54) is 0 Å². The van der Waals surface area contributed by atoms with E-state index in [0.29, 0.717) is 11.3 Å². The molecule has 2 N–H and O–H groups in total. The highest BCUT2D eigenvalue weighted by molar-refractivity contribution is 6.06. The first-order valence-corrected chi connectivity index (χ1v) is 8.88. The molecule has 5 aliphatic rings. The number of aliphatic hydroxyl groups excluding tert-OH is 1. The number of Topliss-reactive ketones (excluding diaryl/α,β-unsaturated/α-hetero) is 1. The van der Waals surface area contributed by atoms with Crippen LogP contribution < -0.4 is 0 Å². The largest absolute Gasteiger partial charge is 0.487 e. The Morgan fingerprint density at radius 1 is 1.44 bits per heavy atom. The molecule has 1 saturated carbocycles. The molecule has 134 valence electrons. The molecule has 2 heterocycles. The Labute approximate surface area is 146 Å². The molecule has 0 amide bonds. The fraction of sp³-hybridized carbons (Fsp3) is 0.632. The average Bonchev–Trinajstić information content (AvgIpc) is 2.93. The number of rotatable bonds is 2. The number of likely N-dealkylation sites (N-methyl/N-ethyl adjacent to an activating group) is 1. The minimum atomic E-state index is -1.28. The summed E-state index contributed by atoms with van der Waals surface area (Å²) in [5.41, 5.74) is -0.220. The Hall–Kier alpha value is -1.47. The van der Waals surface area contributed by atoms with Gasteiger partial charge >= 0.3 is 0 Å². The Bertz CT molecular complexity index is 755. The number of hydrogen-bond acceptors (Lipinski definition) is 6. The van der Waals surface area contributed by atoms with Gasteiger partial charge in [-0.05, 0) is 20.0 Å². The summed E-state index contributed by atoms with van der Waals surface area (Å²) in [6, 6.07) is -0.230. The van der Waals surface area contributed by atoms with E-state index in [2.05, 4.69) is 4.90 Å². The molecule has 25 heavy (non-hydrogen) atoms. The molecule has 1 unspecified atom stereocenters. The first-order chi connectivity index (χ1) is 11.9. The summed E-state index contributed by atoms with van der Waals surface area (Å²) in [7, 11) is 3.53. The number of ketones is 1. The average molecular weight is 345 g/mol. The molecule has 0 aromatic carbocycles. The normalized spacial score (nSPS) is 47.5. The number of nitrogens with zero attached hydrogens (tertiary/aromatic N) is 1. The Kier molecular flexibility index (Phi) is 3.04. The lowest BCUT2D eigenvalue weighted by molar-refractivity contribution is -0.136. The lowest BCUT2D eigenvalue weighted by Gasteiger charge is -2.57. The van der Waals surface area contributed by atoms with E-state index in [4.69, 9.17) is 9.47 Å². The first kappa shape index (κ1) is 15.8. The number of carbonyl (C=O) groups excluding carboxylic acids is 1. The predicted molar refractivity (Wildman–Crippen MR) is 88.5 cm³/mol. The predicted octanol–water partition coefficient (Wildman–Crippen LogP) is 0.167. The number of ether oxygens (including phenoxy) is 2. The standard InChI is InChI=1S/C19H23NO5/c1-20-8-7-19-11-3-4-12(21)16(19)25-17-13(19)10(15(22)14(11)20)5-6-18(17,23)9-24-2/h3-5,11-12,14,16,21,23H,6-9H2,1-2H3/t11-,12-,14-,16-,18?,19-/m0/s1. The Morgan fingerprint density at radius 2 is 2.24 bits per heavy atom. The van der Waals surface area contributed by atoms with Gasteiger partial charge in [0.2, 0.25) is 0 Å². The molecule has 1 saturated heterocycles. The molecule has 3 aliphatic carbocycles. The van der Waals surface area contributed by atoms with E-state index in [1.807, 2.05) is 19.2 Å². The van der Waals surface area contributed by atoms with Gasteiger partial charge in [-0.15, -0.1) is 0 Å². The van der Waals surface area contributed by atoms with Gasteiger partial charge in [0.25, 0.3) is 0 Å². The van der Waals surface area contributed by atoms with Crippen molar-refractivity contribution in [3.8, 4) is 0 Å². The zero-order chi connectivity index (χ0) is 17.6. The van der Waals surface area contributed by atoms with Crippen molar-refractivity contribution in [3.63, 3.8) is 0 Å². The third-order valence-electron chi connectivity index (χ3n) is 6.81. The molecule has 5 rings (SSSR count). The van der Waals surface area contributed by atoms with Crippen molar-refractivity contribution in [3.05, 3.63) is 35.1 Å². The number of hydrogen-bond donors (Lipinski definition) is 2. The molecule has 0 aromatic rings. The lowest BCUT2D eigenvalue weighted by atomic mass is 9.50. The molecule has 6 atom stereocenters. The van der Waals surface area contributed by atoms with Crippen LogP contribution in [0, 0.1) is 11.3 Å². The number of likely N-dealkylation sites (tertiary alicyclic amines) is 1. The maximum absolute atomic E-state index is 13.2. The monoisotopic (exact) mass is 345 g/mol. The molecule has 2 aliphatic heterocycles. The maximum Gasteiger partial charge on any atom is 0.180 e. The van der Waals surface area contributed by atoms with Crippen molar-refractivity contribution in [2.24, 2.45) is 11.3 Å². The molecule has 6 nitrogen and oxygen atoms in total. The Morgan fingerprint density at radius 3 is 3.00 bits per heavy atom. The fourth-order valence-corrected chi connectivity index (χ4v) is 5.77. The molecule has 0 aromatic heterocycles. The van der Waals surface area contributed by atoms with Gasteiger partial charge in [-0.25, -0.2) is 0 Å². The summed E-state index contributed by atoms with van der Waals surface area (Å²) in [6.45, 7) is 0.865. The van der Waals surface area contributed by atoms with Crippen LogP contribution in [-0.4, -0.2) is 72.1 Å². The molecule has 0 radical (unpaired) electrons. The molecule has 1 spiro atoms. The third-order valence-corrected chi connectivity index (χ3v) is 6.81. The van der Waals surface area contributed by atoms with Gasteiger partial charge in [0.1, 0.15) is 23.6 Å². The van der Waals surface area contributed by atoms with Gasteiger partial charge in [0, 0.05) is 36.0 Å². The van der Waals surface area contributed by atoms with Gasteiger partial charge in [-0.2, -0.15) is 0 Å². The van der Waals surface area contributed by atoms with Gasteiger partial charge in [0.05, 0.1) is 12.6 Å². The van der Waals surface area contributed by atoms with Crippen LogP contribution in [0.15, 0.2) is 35.1 Å². The van der Waals surface area contributed by atoms with Gasteiger partial charge < -0.3 is 19.7 Å². The van der Waals surface area contributed by atoms with E-state index in [-0.39, 0.29) is 30.8 Å². The van der Waals surface area contributed by atoms with Crippen molar-refractivity contribution in [2.45, 2.75) is 36.7 Å². The molecule has 6 heteroatoms. The van der Waals surface area contributed by atoms with Gasteiger partial charge in [-0.1, -0.05) is 18.2 Å². The van der Waals surface area contributed by atoms with Crippen molar-refractivity contribution in [2.75, 3.05) is 27.3 Å². The first-order valence-electron chi connectivity index (χ1n) is 8.88. The maximum atomic E-state index is 13.2. The number of carbonyl (C=O) groups is 1. The quantitative estimate of drug-likeness (QED) is 0.695. The van der Waals surface area contributed by atoms with Crippen LogP contribution in [-0.2, 0) is 14.3 Å². The topological polar surface area (TPSA) is 79.2 Å². The van der Waals surface area contributed by atoms with Crippen LogP contribution in [0.25, 0.3) is 0 Å². The third kappa shape index (κ3) is 1.66. The van der Waals surface area contributed by atoms with E-state index in [0.717, 1.165) is 18.5 Å². The zero-order valence-electron chi connectivity index (χ0n) is 14.4. The smallest absolute Gasteiger partial charge is 0.180 e. The van der Waals surface area contributed by atoms with Crippen LogP contribution in [0.2, 0.25) is 0 Å². The highest BCUT2D eigenvalue weighted by Gasteiger charge is 2.69. The van der Waals surface area contributed by atoms with Gasteiger partial charge in [-0.3, -0.25) is 9.69 Å². The summed E-state index contributed by atoms with van der Waals surface area (Å²) in [4.78, 5) is 15.4. The highest BCUT2D eigenvalue weighted by atomic mass is 16.5. The van der Waals surface area contributed by atoms with Crippen molar-refractivity contribution in [1.82, 2.24) is 4.90 Å². The fourth-order valence-electron chi connectivity index (χ4n) is 5.77. The van der Waals surface area contributed by atoms with Crippen molar-refractivity contribution >= 4 is 5.78 Å². The second-order valence-electron chi connectivity index (χ2n) is 8.01.